The zero-order valence-electron chi connectivity index (χ0n) is 14.4. The molecule has 3 rings (SSSR count). The lowest BCUT2D eigenvalue weighted by atomic mass is 9.81. The van der Waals surface area contributed by atoms with Crippen molar-refractivity contribution in [3.63, 3.8) is 0 Å². The summed E-state index contributed by atoms with van der Waals surface area (Å²) in [7, 11) is 0. The molecule has 1 amide bonds. The number of carbonyl (C=O) groups is 1. The Labute approximate surface area is 142 Å². The van der Waals surface area contributed by atoms with Crippen LogP contribution in [0.5, 0.6) is 0 Å². The summed E-state index contributed by atoms with van der Waals surface area (Å²) >= 11 is 0. The maximum atomic E-state index is 14.2. The molecule has 0 bridgehead atoms. The van der Waals surface area contributed by atoms with Crippen molar-refractivity contribution in [2.45, 2.75) is 50.7 Å². The minimum atomic E-state index is -0.936. The van der Waals surface area contributed by atoms with Crippen LogP contribution in [0.4, 0.5) is 4.39 Å². The van der Waals surface area contributed by atoms with E-state index in [1.807, 2.05) is 4.90 Å². The third-order valence-electron chi connectivity index (χ3n) is 5.50. The van der Waals surface area contributed by atoms with Crippen LogP contribution in [0.15, 0.2) is 24.3 Å². The Morgan fingerprint density at radius 2 is 2.08 bits per heavy atom. The number of aliphatic hydroxyl groups excluding tert-OH is 1. The normalized spacial score (nSPS) is 28.2. The van der Waals surface area contributed by atoms with E-state index in [9.17, 15) is 14.3 Å². The second kappa shape index (κ2) is 6.81. The molecule has 2 saturated heterocycles. The monoisotopic (exact) mass is 335 g/mol. The van der Waals surface area contributed by atoms with Gasteiger partial charge in [-0.25, -0.2) is 4.39 Å². The molecular weight excluding hydrogens is 309 g/mol. The van der Waals surface area contributed by atoms with Crippen LogP contribution in [0.1, 0.15) is 38.7 Å². The molecule has 24 heavy (non-hydrogen) atoms. The molecule has 0 spiro atoms. The van der Waals surface area contributed by atoms with E-state index in [1.165, 1.54) is 6.07 Å². The fourth-order valence-corrected chi connectivity index (χ4v) is 4.05. The number of hydrogen-bond acceptors (Lipinski definition) is 3. The first-order valence-corrected chi connectivity index (χ1v) is 8.75. The molecule has 0 aliphatic carbocycles. The van der Waals surface area contributed by atoms with Gasteiger partial charge in [-0.2, -0.15) is 0 Å². The molecule has 0 radical (unpaired) electrons. The molecular formula is C19H26FNO3. The topological polar surface area (TPSA) is 49.8 Å². The largest absolute Gasteiger partial charge is 0.393 e. The predicted octanol–water partition coefficient (Wildman–Crippen LogP) is 2.49. The Bertz CT molecular complexity index is 604. The fraction of sp³-hybridized carbons (Fsp3) is 0.632. The number of nitrogens with zero attached hydrogens (tertiary/aromatic N) is 1. The highest BCUT2D eigenvalue weighted by Crippen LogP contribution is 2.35. The lowest BCUT2D eigenvalue weighted by molar-refractivity contribution is -0.141. The second-order valence-corrected chi connectivity index (χ2v) is 7.41. The molecule has 1 aromatic rings. The van der Waals surface area contributed by atoms with Crippen LogP contribution < -0.4 is 0 Å². The van der Waals surface area contributed by atoms with Crippen LogP contribution in [-0.2, 0) is 14.9 Å². The minimum absolute atomic E-state index is 0.0288. The van der Waals surface area contributed by atoms with Gasteiger partial charge in [0.1, 0.15) is 5.82 Å². The molecule has 5 heteroatoms. The highest BCUT2D eigenvalue weighted by Gasteiger charge is 2.44. The van der Waals surface area contributed by atoms with E-state index >= 15 is 0 Å². The SMILES string of the molecule is CC(C)(C(=O)N1CCC[C@@H]1[C@@H]1COCC[C@@H]1O)c1ccccc1F. The molecule has 0 aromatic heterocycles. The standard InChI is InChI=1S/C19H26FNO3/c1-19(2,14-6-3-4-7-15(14)20)18(23)21-10-5-8-16(21)13-12-24-11-9-17(13)22/h3-4,6-7,13,16-17,22H,5,8-12H2,1-2H3/t13-,16+,17-/m0/s1. The molecule has 1 N–H and O–H groups in total. The molecule has 0 unspecified atom stereocenters. The summed E-state index contributed by atoms with van der Waals surface area (Å²) in [4.78, 5) is 15.1. The molecule has 2 aliphatic heterocycles. The van der Waals surface area contributed by atoms with Crippen molar-refractivity contribution >= 4 is 5.91 Å². The van der Waals surface area contributed by atoms with Crippen molar-refractivity contribution in [3.8, 4) is 0 Å². The van der Waals surface area contributed by atoms with Crippen LogP contribution in [-0.4, -0.2) is 47.8 Å². The van der Waals surface area contributed by atoms with E-state index in [2.05, 4.69) is 0 Å². The number of rotatable bonds is 3. The number of amides is 1. The maximum Gasteiger partial charge on any atom is 0.233 e. The summed E-state index contributed by atoms with van der Waals surface area (Å²) in [6.07, 6.45) is 1.95. The van der Waals surface area contributed by atoms with Crippen molar-refractivity contribution in [1.82, 2.24) is 4.90 Å². The van der Waals surface area contributed by atoms with Crippen molar-refractivity contribution in [3.05, 3.63) is 35.6 Å². The van der Waals surface area contributed by atoms with Gasteiger partial charge in [0.15, 0.2) is 0 Å². The van der Waals surface area contributed by atoms with Gasteiger partial charge in [-0.05, 0) is 39.2 Å². The van der Waals surface area contributed by atoms with E-state index in [-0.39, 0.29) is 23.7 Å². The lowest BCUT2D eigenvalue weighted by Crippen LogP contribution is -2.52. The van der Waals surface area contributed by atoms with E-state index in [4.69, 9.17) is 4.74 Å². The Hall–Kier alpha value is -1.46. The van der Waals surface area contributed by atoms with Crippen LogP contribution >= 0.6 is 0 Å². The summed E-state index contributed by atoms with van der Waals surface area (Å²) in [6, 6.07) is 6.43. The molecule has 0 saturated carbocycles. The van der Waals surface area contributed by atoms with Crippen molar-refractivity contribution in [2.75, 3.05) is 19.8 Å². The van der Waals surface area contributed by atoms with Crippen molar-refractivity contribution in [2.24, 2.45) is 5.92 Å². The van der Waals surface area contributed by atoms with Crippen molar-refractivity contribution < 1.29 is 19.0 Å². The lowest BCUT2D eigenvalue weighted by Gasteiger charge is -2.40. The average molecular weight is 335 g/mol. The van der Waals surface area contributed by atoms with Crippen LogP contribution in [0.25, 0.3) is 0 Å². The second-order valence-electron chi connectivity index (χ2n) is 7.41. The van der Waals surface area contributed by atoms with Crippen molar-refractivity contribution in [1.29, 1.82) is 0 Å². The highest BCUT2D eigenvalue weighted by molar-refractivity contribution is 5.88. The van der Waals surface area contributed by atoms with Gasteiger partial charge in [0.05, 0.1) is 18.1 Å². The summed E-state index contributed by atoms with van der Waals surface area (Å²) in [6.45, 7) is 5.26. The van der Waals surface area contributed by atoms with Gasteiger partial charge in [0.2, 0.25) is 5.91 Å². The van der Waals surface area contributed by atoms with Crippen LogP contribution in [0.2, 0.25) is 0 Å². The average Bonchev–Trinajstić information content (AvgIpc) is 3.04. The first kappa shape index (κ1) is 17.4. The van der Waals surface area contributed by atoms with E-state index in [0.717, 1.165) is 12.8 Å². The van der Waals surface area contributed by atoms with Gasteiger partial charge in [0.25, 0.3) is 0 Å². The summed E-state index contributed by atoms with van der Waals surface area (Å²) in [5.74, 6) is -0.484. The summed E-state index contributed by atoms with van der Waals surface area (Å²) < 4.78 is 19.7. The van der Waals surface area contributed by atoms with E-state index in [0.29, 0.717) is 31.7 Å². The molecule has 1 aromatic carbocycles. The number of ether oxygens (including phenoxy) is 1. The Kier molecular flexibility index (Phi) is 4.92. The van der Waals surface area contributed by atoms with Crippen LogP contribution in [0.3, 0.4) is 0 Å². The number of likely N-dealkylation sites (tertiary alicyclic amines) is 1. The third kappa shape index (κ3) is 3.07. The molecule has 132 valence electrons. The molecule has 2 aliphatic rings. The van der Waals surface area contributed by atoms with Gasteiger partial charge < -0.3 is 14.7 Å². The van der Waals surface area contributed by atoms with Gasteiger partial charge in [-0.1, -0.05) is 18.2 Å². The van der Waals surface area contributed by atoms with Gasteiger partial charge >= 0.3 is 0 Å². The summed E-state index contributed by atoms with van der Waals surface area (Å²) in [5.41, 5.74) is -0.518. The third-order valence-corrected chi connectivity index (χ3v) is 5.50. The number of hydrogen-bond donors (Lipinski definition) is 1. The van der Waals surface area contributed by atoms with E-state index < -0.39 is 11.5 Å². The highest BCUT2D eigenvalue weighted by atomic mass is 19.1. The number of aliphatic hydroxyl groups is 1. The zero-order valence-corrected chi connectivity index (χ0v) is 14.4. The van der Waals surface area contributed by atoms with Gasteiger partial charge in [-0.3, -0.25) is 4.79 Å². The number of carbonyl (C=O) groups excluding carboxylic acids is 1. The maximum absolute atomic E-state index is 14.2. The van der Waals surface area contributed by atoms with Crippen LogP contribution in [0, 0.1) is 11.7 Å². The molecule has 2 heterocycles. The molecule has 3 atom stereocenters. The van der Waals surface area contributed by atoms with E-state index in [1.54, 1.807) is 32.0 Å². The predicted molar refractivity (Wildman–Crippen MR) is 89.1 cm³/mol. The smallest absolute Gasteiger partial charge is 0.233 e. The quantitative estimate of drug-likeness (QED) is 0.923. The Morgan fingerprint density at radius 1 is 1.33 bits per heavy atom. The summed E-state index contributed by atoms with van der Waals surface area (Å²) in [5, 5.41) is 10.3. The Balaban J connectivity index is 1.84. The first-order valence-electron chi connectivity index (χ1n) is 8.75. The minimum Gasteiger partial charge on any atom is -0.393 e. The molecule has 2 fully saturated rings. The van der Waals surface area contributed by atoms with Gasteiger partial charge in [-0.15, -0.1) is 0 Å². The first-order chi connectivity index (χ1) is 11.4. The zero-order chi connectivity index (χ0) is 17.3. The van der Waals surface area contributed by atoms with Gasteiger partial charge in [0, 0.05) is 30.7 Å². The number of halogens is 1. The Morgan fingerprint density at radius 3 is 2.79 bits per heavy atom. The molecule has 4 nitrogen and oxygen atoms in total. The number of benzene rings is 1. The fourth-order valence-electron chi connectivity index (χ4n) is 4.05.